The standard InChI is InChI=1S/C15H14FN3O/c1-10(18)11-4-5-15(13(16)7-11)20-9-12-3-2-6-19-14(12)8-17/h2-7,10H,9,18H2,1H3. The number of benzene rings is 1. The van der Waals surface area contributed by atoms with Crippen molar-refractivity contribution in [1.82, 2.24) is 4.98 Å². The summed E-state index contributed by atoms with van der Waals surface area (Å²) in [5.41, 5.74) is 7.28. The van der Waals surface area contributed by atoms with E-state index < -0.39 is 5.82 Å². The molecular formula is C15H14FN3O. The first-order chi connectivity index (χ1) is 9.61. The van der Waals surface area contributed by atoms with Crippen molar-refractivity contribution in [2.75, 3.05) is 0 Å². The van der Waals surface area contributed by atoms with Crippen LogP contribution in [0.25, 0.3) is 0 Å². The highest BCUT2D eigenvalue weighted by Crippen LogP contribution is 2.22. The first kappa shape index (κ1) is 14.0. The number of halogens is 1. The number of aromatic nitrogens is 1. The third-order valence-corrected chi connectivity index (χ3v) is 2.86. The number of nitriles is 1. The van der Waals surface area contributed by atoms with Gasteiger partial charge < -0.3 is 10.5 Å². The molecule has 5 heteroatoms. The highest BCUT2D eigenvalue weighted by Gasteiger charge is 2.09. The van der Waals surface area contributed by atoms with Crippen LogP contribution in [0.2, 0.25) is 0 Å². The maximum Gasteiger partial charge on any atom is 0.165 e. The Morgan fingerprint density at radius 3 is 2.90 bits per heavy atom. The number of nitrogens with two attached hydrogens (primary N) is 1. The fourth-order valence-electron chi connectivity index (χ4n) is 1.73. The van der Waals surface area contributed by atoms with Gasteiger partial charge in [-0.2, -0.15) is 5.26 Å². The molecule has 1 aromatic heterocycles. The summed E-state index contributed by atoms with van der Waals surface area (Å²) >= 11 is 0. The maximum atomic E-state index is 13.8. The van der Waals surface area contributed by atoms with Crippen LogP contribution in [-0.2, 0) is 6.61 Å². The molecule has 0 aliphatic carbocycles. The molecule has 20 heavy (non-hydrogen) atoms. The molecule has 4 nitrogen and oxygen atoms in total. The van der Waals surface area contributed by atoms with E-state index in [0.717, 1.165) is 0 Å². The van der Waals surface area contributed by atoms with Crippen molar-refractivity contribution < 1.29 is 9.13 Å². The van der Waals surface area contributed by atoms with Gasteiger partial charge in [0.25, 0.3) is 0 Å². The van der Waals surface area contributed by atoms with E-state index in [1.165, 1.54) is 18.3 Å². The third kappa shape index (κ3) is 3.11. The van der Waals surface area contributed by atoms with Crippen LogP contribution in [0.3, 0.4) is 0 Å². The quantitative estimate of drug-likeness (QED) is 0.928. The summed E-state index contributed by atoms with van der Waals surface area (Å²) in [5, 5.41) is 8.91. The highest BCUT2D eigenvalue weighted by atomic mass is 19.1. The molecule has 102 valence electrons. The number of hydrogen-bond donors (Lipinski definition) is 1. The fraction of sp³-hybridized carbons (Fsp3) is 0.200. The van der Waals surface area contributed by atoms with E-state index in [0.29, 0.717) is 11.1 Å². The average Bonchev–Trinajstić information content (AvgIpc) is 2.46. The van der Waals surface area contributed by atoms with Crippen molar-refractivity contribution in [1.29, 1.82) is 5.26 Å². The lowest BCUT2D eigenvalue weighted by atomic mass is 10.1. The molecule has 2 aromatic rings. The van der Waals surface area contributed by atoms with Crippen molar-refractivity contribution in [3.63, 3.8) is 0 Å². The molecule has 0 aliphatic rings. The lowest BCUT2D eigenvalue weighted by Gasteiger charge is -2.10. The number of pyridine rings is 1. The molecule has 0 radical (unpaired) electrons. The minimum atomic E-state index is -0.470. The normalized spacial score (nSPS) is 11.7. The molecule has 1 aromatic carbocycles. The van der Waals surface area contributed by atoms with Crippen molar-refractivity contribution in [3.05, 3.63) is 59.2 Å². The van der Waals surface area contributed by atoms with Gasteiger partial charge in [-0.05, 0) is 30.7 Å². The fourth-order valence-corrected chi connectivity index (χ4v) is 1.73. The van der Waals surface area contributed by atoms with Gasteiger partial charge in [0, 0.05) is 17.8 Å². The molecule has 0 aliphatic heterocycles. The van der Waals surface area contributed by atoms with E-state index in [9.17, 15) is 4.39 Å². The van der Waals surface area contributed by atoms with Crippen LogP contribution < -0.4 is 10.5 Å². The zero-order chi connectivity index (χ0) is 14.5. The summed E-state index contributed by atoms with van der Waals surface area (Å²) in [7, 11) is 0. The summed E-state index contributed by atoms with van der Waals surface area (Å²) in [6.45, 7) is 1.87. The first-order valence-corrected chi connectivity index (χ1v) is 6.13. The zero-order valence-corrected chi connectivity index (χ0v) is 11.0. The SMILES string of the molecule is CC(N)c1ccc(OCc2cccnc2C#N)c(F)c1. The molecule has 0 saturated carbocycles. The van der Waals surface area contributed by atoms with Gasteiger partial charge in [0.2, 0.25) is 0 Å². The molecule has 0 fully saturated rings. The molecule has 1 unspecified atom stereocenters. The minimum Gasteiger partial charge on any atom is -0.486 e. The number of ether oxygens (including phenoxy) is 1. The minimum absolute atomic E-state index is 0.0885. The Labute approximate surface area is 116 Å². The molecule has 1 heterocycles. The van der Waals surface area contributed by atoms with Gasteiger partial charge in [-0.3, -0.25) is 0 Å². The molecular weight excluding hydrogens is 257 g/mol. The van der Waals surface area contributed by atoms with E-state index in [-0.39, 0.29) is 24.1 Å². The second-order valence-corrected chi connectivity index (χ2v) is 4.39. The van der Waals surface area contributed by atoms with Gasteiger partial charge in [0.1, 0.15) is 18.4 Å². The van der Waals surface area contributed by atoms with Crippen LogP contribution in [0.1, 0.15) is 29.8 Å². The van der Waals surface area contributed by atoms with E-state index in [4.69, 9.17) is 15.7 Å². The summed E-state index contributed by atoms with van der Waals surface area (Å²) in [4.78, 5) is 3.92. The molecule has 0 bridgehead atoms. The lowest BCUT2D eigenvalue weighted by Crippen LogP contribution is -2.06. The topological polar surface area (TPSA) is 71.9 Å². The average molecular weight is 271 g/mol. The summed E-state index contributed by atoms with van der Waals surface area (Å²) < 4.78 is 19.2. The van der Waals surface area contributed by atoms with Gasteiger partial charge in [0.15, 0.2) is 11.6 Å². The Morgan fingerprint density at radius 1 is 1.45 bits per heavy atom. The van der Waals surface area contributed by atoms with Crippen LogP contribution in [0, 0.1) is 17.1 Å². The number of rotatable bonds is 4. The zero-order valence-electron chi connectivity index (χ0n) is 11.0. The number of hydrogen-bond acceptors (Lipinski definition) is 4. The Balaban J connectivity index is 2.14. The van der Waals surface area contributed by atoms with Crippen LogP contribution >= 0.6 is 0 Å². The Hall–Kier alpha value is -2.45. The molecule has 2 rings (SSSR count). The Kier molecular flexibility index (Phi) is 4.28. The van der Waals surface area contributed by atoms with Crippen LogP contribution in [-0.4, -0.2) is 4.98 Å². The van der Waals surface area contributed by atoms with Crippen LogP contribution in [0.4, 0.5) is 4.39 Å². The highest BCUT2D eigenvalue weighted by molar-refractivity contribution is 5.33. The largest absolute Gasteiger partial charge is 0.486 e. The monoisotopic (exact) mass is 271 g/mol. The van der Waals surface area contributed by atoms with Crippen LogP contribution in [0.15, 0.2) is 36.5 Å². The van der Waals surface area contributed by atoms with E-state index in [1.54, 1.807) is 25.1 Å². The molecule has 0 spiro atoms. The summed E-state index contributed by atoms with van der Waals surface area (Å²) in [6.07, 6.45) is 1.53. The van der Waals surface area contributed by atoms with E-state index in [1.807, 2.05) is 6.07 Å². The van der Waals surface area contributed by atoms with Crippen molar-refractivity contribution in [2.24, 2.45) is 5.73 Å². The summed E-state index contributed by atoms with van der Waals surface area (Å²) in [6, 6.07) is 9.77. The van der Waals surface area contributed by atoms with Gasteiger partial charge in [-0.1, -0.05) is 12.1 Å². The predicted octanol–water partition coefficient (Wildman–Crippen LogP) is 2.69. The third-order valence-electron chi connectivity index (χ3n) is 2.86. The Bertz CT molecular complexity index is 650. The smallest absolute Gasteiger partial charge is 0.165 e. The number of nitrogens with zero attached hydrogens (tertiary/aromatic N) is 2. The Morgan fingerprint density at radius 2 is 2.25 bits per heavy atom. The van der Waals surface area contributed by atoms with Gasteiger partial charge >= 0.3 is 0 Å². The van der Waals surface area contributed by atoms with Crippen molar-refractivity contribution >= 4 is 0 Å². The molecule has 0 saturated heterocycles. The second-order valence-electron chi connectivity index (χ2n) is 4.39. The lowest BCUT2D eigenvalue weighted by molar-refractivity contribution is 0.289. The van der Waals surface area contributed by atoms with E-state index >= 15 is 0 Å². The van der Waals surface area contributed by atoms with Gasteiger partial charge in [-0.25, -0.2) is 9.37 Å². The first-order valence-electron chi connectivity index (χ1n) is 6.13. The molecule has 1 atom stereocenters. The van der Waals surface area contributed by atoms with Crippen LogP contribution in [0.5, 0.6) is 5.75 Å². The van der Waals surface area contributed by atoms with Gasteiger partial charge in [-0.15, -0.1) is 0 Å². The van der Waals surface area contributed by atoms with E-state index in [2.05, 4.69) is 4.98 Å². The molecule has 0 amide bonds. The van der Waals surface area contributed by atoms with Gasteiger partial charge in [0.05, 0.1) is 0 Å². The maximum absolute atomic E-state index is 13.8. The second kappa shape index (κ2) is 6.13. The predicted molar refractivity (Wildman–Crippen MR) is 72.3 cm³/mol. The van der Waals surface area contributed by atoms with Crippen molar-refractivity contribution in [3.8, 4) is 11.8 Å². The molecule has 2 N–H and O–H groups in total. The summed E-state index contributed by atoms with van der Waals surface area (Å²) in [5.74, 6) is -0.343. The van der Waals surface area contributed by atoms with Crippen molar-refractivity contribution in [2.45, 2.75) is 19.6 Å².